The van der Waals surface area contributed by atoms with Crippen LogP contribution in [0.5, 0.6) is 0 Å². The van der Waals surface area contributed by atoms with E-state index in [1.165, 1.54) is 11.8 Å². The monoisotopic (exact) mass is 359 g/mol. The summed E-state index contributed by atoms with van der Waals surface area (Å²) in [5.74, 6) is 0. The zero-order chi connectivity index (χ0) is 16.4. The average molecular weight is 360 g/mol. The largest absolute Gasteiger partial charge is 0.348 e. The molecule has 114 valence electrons. The standard InChI is InChI=1S/C17H11Cl2N3S/c1-10-8-21-16(19)6-13(10)14(7-20)17-22-15(9-23-17)11-2-4-12(18)5-3-11/h2-6,8-9,22H,1H3. The Bertz CT molecular complexity index is 864. The van der Waals surface area contributed by atoms with Crippen LogP contribution in [0.4, 0.5) is 0 Å². The summed E-state index contributed by atoms with van der Waals surface area (Å²) < 4.78 is 0. The Hall–Kier alpha value is -1.93. The van der Waals surface area contributed by atoms with Crippen LogP contribution in [-0.4, -0.2) is 4.98 Å². The average Bonchev–Trinajstić information content (AvgIpc) is 3.02. The number of nitriles is 1. The molecule has 0 bridgehead atoms. The summed E-state index contributed by atoms with van der Waals surface area (Å²) >= 11 is 13.4. The second-order valence-electron chi connectivity index (χ2n) is 4.92. The fraction of sp³-hybridized carbons (Fsp3) is 0.0588. The zero-order valence-electron chi connectivity index (χ0n) is 12.1. The topological polar surface area (TPSA) is 48.7 Å². The van der Waals surface area contributed by atoms with E-state index in [1.807, 2.05) is 36.6 Å². The van der Waals surface area contributed by atoms with Crippen LogP contribution in [0, 0.1) is 18.3 Å². The van der Waals surface area contributed by atoms with Crippen LogP contribution in [-0.2, 0) is 0 Å². The number of thioether (sulfide) groups is 1. The number of aryl methyl sites for hydroxylation is 1. The Balaban J connectivity index is 1.95. The summed E-state index contributed by atoms with van der Waals surface area (Å²) in [7, 11) is 0. The molecular weight excluding hydrogens is 349 g/mol. The Morgan fingerprint density at radius 2 is 2.00 bits per heavy atom. The number of halogens is 2. The van der Waals surface area contributed by atoms with Crippen LogP contribution in [0.2, 0.25) is 10.2 Å². The van der Waals surface area contributed by atoms with Crippen molar-refractivity contribution < 1.29 is 0 Å². The molecule has 23 heavy (non-hydrogen) atoms. The van der Waals surface area contributed by atoms with E-state index in [9.17, 15) is 5.26 Å². The van der Waals surface area contributed by atoms with E-state index in [2.05, 4.69) is 16.4 Å². The van der Waals surface area contributed by atoms with Gasteiger partial charge in [0.2, 0.25) is 0 Å². The molecule has 1 aliphatic rings. The molecule has 6 heteroatoms. The molecule has 1 aliphatic heterocycles. The molecular formula is C17H11Cl2N3S. The Kier molecular flexibility index (Phi) is 4.63. The number of hydrogen-bond acceptors (Lipinski definition) is 4. The number of hydrogen-bond donors (Lipinski definition) is 1. The lowest BCUT2D eigenvalue weighted by molar-refractivity contribution is 1.20. The van der Waals surface area contributed by atoms with E-state index in [4.69, 9.17) is 23.2 Å². The second-order valence-corrected chi connectivity index (χ2v) is 6.62. The third-order valence-electron chi connectivity index (χ3n) is 3.38. The summed E-state index contributed by atoms with van der Waals surface area (Å²) in [6.07, 6.45) is 1.67. The van der Waals surface area contributed by atoms with Gasteiger partial charge in [0.05, 0.1) is 16.3 Å². The highest BCUT2D eigenvalue weighted by Gasteiger charge is 2.19. The molecule has 0 fully saturated rings. The summed E-state index contributed by atoms with van der Waals surface area (Å²) in [6.45, 7) is 1.91. The molecule has 0 unspecified atom stereocenters. The van der Waals surface area contributed by atoms with Crippen LogP contribution < -0.4 is 5.32 Å². The second kappa shape index (κ2) is 6.67. The number of pyridine rings is 1. The van der Waals surface area contributed by atoms with Gasteiger partial charge < -0.3 is 5.32 Å². The fourth-order valence-corrected chi connectivity index (χ4v) is 3.35. The van der Waals surface area contributed by atoms with E-state index < -0.39 is 0 Å². The summed E-state index contributed by atoms with van der Waals surface area (Å²) in [6, 6.07) is 11.5. The van der Waals surface area contributed by atoms with Gasteiger partial charge in [-0.15, -0.1) is 0 Å². The van der Waals surface area contributed by atoms with Gasteiger partial charge in [0.15, 0.2) is 0 Å². The van der Waals surface area contributed by atoms with Crippen molar-refractivity contribution >= 4 is 46.2 Å². The van der Waals surface area contributed by atoms with Crippen molar-refractivity contribution in [2.24, 2.45) is 0 Å². The van der Waals surface area contributed by atoms with E-state index in [-0.39, 0.29) is 0 Å². The van der Waals surface area contributed by atoms with E-state index in [0.717, 1.165) is 27.4 Å². The normalized spacial score (nSPS) is 15.7. The van der Waals surface area contributed by atoms with Gasteiger partial charge in [-0.05, 0) is 36.2 Å². The van der Waals surface area contributed by atoms with Crippen LogP contribution in [0.25, 0.3) is 11.3 Å². The SMILES string of the molecule is Cc1cnc(Cl)cc1C(C#N)=C1NC(c2ccc(Cl)cc2)=CS1. The summed E-state index contributed by atoms with van der Waals surface area (Å²) in [5.41, 5.74) is 4.19. The van der Waals surface area contributed by atoms with E-state index in [0.29, 0.717) is 15.7 Å². The Morgan fingerprint density at radius 3 is 2.70 bits per heavy atom. The van der Waals surface area contributed by atoms with Crippen molar-refractivity contribution in [2.45, 2.75) is 6.92 Å². The van der Waals surface area contributed by atoms with Crippen molar-refractivity contribution in [3.8, 4) is 6.07 Å². The van der Waals surface area contributed by atoms with Gasteiger partial charge in [0, 0.05) is 22.2 Å². The lowest BCUT2D eigenvalue weighted by atomic mass is 10.0. The van der Waals surface area contributed by atoms with E-state index in [1.54, 1.807) is 12.3 Å². The molecule has 3 nitrogen and oxygen atoms in total. The van der Waals surface area contributed by atoms with Crippen LogP contribution in [0.15, 0.2) is 47.0 Å². The molecule has 2 aromatic rings. The molecule has 2 heterocycles. The van der Waals surface area contributed by atoms with Crippen LogP contribution in [0.3, 0.4) is 0 Å². The Labute approximate surface area is 148 Å². The maximum atomic E-state index is 9.58. The highest BCUT2D eigenvalue weighted by molar-refractivity contribution is 8.06. The lowest BCUT2D eigenvalue weighted by Crippen LogP contribution is -2.07. The third-order valence-corrected chi connectivity index (χ3v) is 4.73. The van der Waals surface area contributed by atoms with Gasteiger partial charge in [-0.1, -0.05) is 47.1 Å². The molecule has 1 N–H and O–H groups in total. The maximum Gasteiger partial charge on any atom is 0.129 e. The number of nitrogens with zero attached hydrogens (tertiary/aromatic N) is 2. The smallest absolute Gasteiger partial charge is 0.129 e. The summed E-state index contributed by atoms with van der Waals surface area (Å²) in [4.78, 5) is 4.03. The number of aromatic nitrogens is 1. The highest BCUT2D eigenvalue weighted by atomic mass is 35.5. The molecule has 1 aromatic heterocycles. The molecule has 3 rings (SSSR count). The first-order chi connectivity index (χ1) is 11.1. The number of rotatable bonds is 2. The van der Waals surface area contributed by atoms with Crippen molar-refractivity contribution in [2.75, 3.05) is 0 Å². The van der Waals surface area contributed by atoms with Crippen molar-refractivity contribution in [3.05, 3.63) is 73.8 Å². The number of benzene rings is 1. The van der Waals surface area contributed by atoms with Gasteiger partial charge in [0.25, 0.3) is 0 Å². The van der Waals surface area contributed by atoms with Gasteiger partial charge in [-0.3, -0.25) is 0 Å². The van der Waals surface area contributed by atoms with Gasteiger partial charge in [-0.25, -0.2) is 4.98 Å². The fourth-order valence-electron chi connectivity index (χ4n) is 2.19. The van der Waals surface area contributed by atoms with Crippen molar-refractivity contribution in [1.29, 1.82) is 5.26 Å². The molecule has 0 aliphatic carbocycles. The minimum absolute atomic E-state index is 0.368. The van der Waals surface area contributed by atoms with Gasteiger partial charge in [0.1, 0.15) is 11.2 Å². The first kappa shape index (κ1) is 15.9. The van der Waals surface area contributed by atoms with E-state index >= 15 is 0 Å². The van der Waals surface area contributed by atoms with Crippen molar-refractivity contribution in [3.63, 3.8) is 0 Å². The van der Waals surface area contributed by atoms with Gasteiger partial charge >= 0.3 is 0 Å². The molecule has 0 amide bonds. The molecule has 0 spiro atoms. The predicted octanol–water partition coefficient (Wildman–Crippen LogP) is 5.22. The third kappa shape index (κ3) is 3.37. The van der Waals surface area contributed by atoms with Crippen molar-refractivity contribution in [1.82, 2.24) is 10.3 Å². The lowest BCUT2D eigenvalue weighted by Gasteiger charge is -2.10. The molecule has 1 aromatic carbocycles. The maximum absolute atomic E-state index is 9.58. The Morgan fingerprint density at radius 1 is 1.26 bits per heavy atom. The van der Waals surface area contributed by atoms with Crippen LogP contribution in [0.1, 0.15) is 16.7 Å². The first-order valence-corrected chi connectivity index (χ1v) is 8.38. The quantitative estimate of drug-likeness (QED) is 0.589. The van der Waals surface area contributed by atoms with Gasteiger partial charge in [-0.2, -0.15) is 5.26 Å². The molecule has 0 saturated carbocycles. The summed E-state index contributed by atoms with van der Waals surface area (Å²) in [5, 5.41) is 16.7. The number of nitrogens with one attached hydrogen (secondary N) is 1. The number of allylic oxidation sites excluding steroid dienone is 1. The highest BCUT2D eigenvalue weighted by Crippen LogP contribution is 2.36. The predicted molar refractivity (Wildman–Crippen MR) is 96.7 cm³/mol. The van der Waals surface area contributed by atoms with Crippen LogP contribution >= 0.6 is 35.0 Å². The minimum atomic E-state index is 0.368. The molecule has 0 atom stereocenters. The molecule has 0 saturated heterocycles. The first-order valence-electron chi connectivity index (χ1n) is 6.75. The zero-order valence-corrected chi connectivity index (χ0v) is 14.4. The molecule has 0 radical (unpaired) electrons. The minimum Gasteiger partial charge on any atom is -0.348 e.